The van der Waals surface area contributed by atoms with Crippen LogP contribution in [0.25, 0.3) is 0 Å². The second-order valence-electron chi connectivity index (χ2n) is 20.9. The molecule has 0 bridgehead atoms. The number of carboxylic acid groups (broad SMARTS) is 1. The quantitative estimate of drug-likeness (QED) is 0.0228. The van der Waals surface area contributed by atoms with Crippen molar-refractivity contribution in [2.24, 2.45) is 0 Å². The largest absolute Gasteiger partial charge is 0.479 e. The molecule has 0 saturated carbocycles. The van der Waals surface area contributed by atoms with Crippen LogP contribution >= 0.6 is 0 Å². The molecule has 6 atom stereocenters. The van der Waals surface area contributed by atoms with Crippen molar-refractivity contribution in [3.8, 4) is 0 Å². The Morgan fingerprint density at radius 3 is 1.24 bits per heavy atom. The molecule has 1 rings (SSSR count). The Hall–Kier alpha value is -4.36. The lowest BCUT2D eigenvalue weighted by Crippen LogP contribution is -2.61. The zero-order chi connectivity index (χ0) is 57.5. The van der Waals surface area contributed by atoms with Gasteiger partial charge in [-0.05, 0) is 96.3 Å². The molecule has 1 heterocycles. The van der Waals surface area contributed by atoms with Crippen LogP contribution < -0.4 is 0 Å². The standard InChI is InChI=1S/C67H110O12/c1-4-7-10-13-16-19-22-25-28-29-30-31-34-35-38-41-44-47-50-53-59(68)75-56-58(77-60(69)54-51-48-45-42-39-36-32-26-23-20-17-14-11-8-5-2)57-76-67-65(63(72)62(71)64(79-67)66(73)74)78-61(70)55-52-49-46-43-40-37-33-27-24-21-18-15-12-9-6-3/h7,9-10,12,16,18-19,21,25,27-28,30-31,33,40,43,58,62-65,67,71-72H,4-6,8,11,13-15,17,20,22-24,26,29,32,34-39,41-42,44-57H2,1-3H3,(H,73,74)/b10-7-,12-9-,19-16-,21-18-,28-25-,31-30-,33-27-,43-40-. The van der Waals surface area contributed by atoms with Gasteiger partial charge in [-0.1, -0.05) is 234 Å². The number of carbonyl (C=O) groups excluding carboxylic acids is 3. The van der Waals surface area contributed by atoms with E-state index >= 15 is 0 Å². The van der Waals surface area contributed by atoms with Gasteiger partial charge in [0.25, 0.3) is 0 Å². The lowest BCUT2D eigenvalue weighted by atomic mass is 9.98. The fourth-order valence-electron chi connectivity index (χ4n) is 8.94. The molecule has 79 heavy (non-hydrogen) atoms. The summed E-state index contributed by atoms with van der Waals surface area (Å²) in [5.41, 5.74) is 0. The summed E-state index contributed by atoms with van der Waals surface area (Å²) in [6.45, 7) is 5.75. The third kappa shape index (κ3) is 44.0. The topological polar surface area (TPSA) is 175 Å². The molecular weight excluding hydrogens is 997 g/mol. The molecule has 0 aromatic carbocycles. The minimum absolute atomic E-state index is 0.00406. The first-order chi connectivity index (χ1) is 38.6. The highest BCUT2D eigenvalue weighted by Gasteiger charge is 2.50. The monoisotopic (exact) mass is 1110 g/mol. The van der Waals surface area contributed by atoms with Crippen LogP contribution in [0.4, 0.5) is 0 Å². The van der Waals surface area contributed by atoms with Gasteiger partial charge in [-0.15, -0.1) is 0 Å². The van der Waals surface area contributed by atoms with Crippen molar-refractivity contribution in [2.75, 3.05) is 13.2 Å². The summed E-state index contributed by atoms with van der Waals surface area (Å²) in [7, 11) is 0. The lowest BCUT2D eigenvalue weighted by Gasteiger charge is -2.40. The molecule has 12 nitrogen and oxygen atoms in total. The highest BCUT2D eigenvalue weighted by molar-refractivity contribution is 5.74. The summed E-state index contributed by atoms with van der Waals surface area (Å²) < 4.78 is 28.4. The van der Waals surface area contributed by atoms with Gasteiger partial charge in [-0.3, -0.25) is 14.4 Å². The Morgan fingerprint density at radius 1 is 0.430 bits per heavy atom. The van der Waals surface area contributed by atoms with Crippen molar-refractivity contribution in [2.45, 2.75) is 289 Å². The minimum Gasteiger partial charge on any atom is -0.479 e. The molecule has 6 unspecified atom stereocenters. The number of rotatable bonds is 52. The first-order valence-corrected chi connectivity index (χ1v) is 31.2. The maximum atomic E-state index is 13.2. The van der Waals surface area contributed by atoms with Crippen LogP contribution in [-0.2, 0) is 42.9 Å². The second kappa shape index (κ2) is 54.2. The van der Waals surface area contributed by atoms with Crippen molar-refractivity contribution in [3.63, 3.8) is 0 Å². The summed E-state index contributed by atoms with van der Waals surface area (Å²) in [5.74, 6) is -3.19. The predicted octanol–water partition coefficient (Wildman–Crippen LogP) is 16.5. The third-order valence-corrected chi connectivity index (χ3v) is 13.7. The van der Waals surface area contributed by atoms with Crippen molar-refractivity contribution in [1.82, 2.24) is 0 Å². The fraction of sp³-hybridized carbons (Fsp3) is 0.701. The molecule has 1 saturated heterocycles. The number of carboxylic acids is 1. The Labute approximate surface area is 479 Å². The number of aliphatic hydroxyl groups excluding tert-OH is 2. The molecule has 0 aromatic rings. The van der Waals surface area contributed by atoms with E-state index < -0.39 is 67.3 Å². The van der Waals surface area contributed by atoms with Crippen LogP contribution in [0.5, 0.6) is 0 Å². The molecule has 0 amide bonds. The van der Waals surface area contributed by atoms with E-state index in [1.807, 2.05) is 0 Å². The molecule has 1 fully saturated rings. The average molecular weight is 1110 g/mol. The van der Waals surface area contributed by atoms with Gasteiger partial charge in [-0.25, -0.2) is 4.79 Å². The van der Waals surface area contributed by atoms with E-state index in [1.54, 1.807) is 0 Å². The smallest absolute Gasteiger partial charge is 0.335 e. The van der Waals surface area contributed by atoms with Crippen LogP contribution in [0, 0.1) is 0 Å². The second-order valence-corrected chi connectivity index (χ2v) is 20.9. The number of ether oxygens (including phenoxy) is 5. The van der Waals surface area contributed by atoms with Gasteiger partial charge in [0.2, 0.25) is 0 Å². The van der Waals surface area contributed by atoms with Crippen LogP contribution in [0.2, 0.25) is 0 Å². The third-order valence-electron chi connectivity index (χ3n) is 13.7. The first-order valence-electron chi connectivity index (χ1n) is 31.2. The highest BCUT2D eigenvalue weighted by atomic mass is 16.7. The molecule has 1 aliphatic rings. The van der Waals surface area contributed by atoms with Crippen LogP contribution in [-0.4, -0.2) is 89.2 Å². The average Bonchev–Trinajstić information content (AvgIpc) is 3.46. The number of aliphatic hydroxyl groups is 2. The summed E-state index contributed by atoms with van der Waals surface area (Å²) in [4.78, 5) is 51.2. The van der Waals surface area contributed by atoms with E-state index in [-0.39, 0.29) is 25.9 Å². The van der Waals surface area contributed by atoms with E-state index in [4.69, 9.17) is 23.7 Å². The Kier molecular flexibility index (Phi) is 49.9. The zero-order valence-corrected chi connectivity index (χ0v) is 49.6. The van der Waals surface area contributed by atoms with Gasteiger partial charge in [0.05, 0.1) is 6.61 Å². The van der Waals surface area contributed by atoms with E-state index in [2.05, 4.69) is 118 Å². The molecule has 0 spiro atoms. The molecule has 450 valence electrons. The molecule has 3 N–H and O–H groups in total. The van der Waals surface area contributed by atoms with E-state index in [0.717, 1.165) is 116 Å². The van der Waals surface area contributed by atoms with Crippen LogP contribution in [0.1, 0.15) is 252 Å². The first kappa shape index (κ1) is 72.7. The molecule has 0 radical (unpaired) electrons. The maximum absolute atomic E-state index is 13.2. The fourth-order valence-corrected chi connectivity index (χ4v) is 8.94. The molecule has 1 aliphatic heterocycles. The Balaban J connectivity index is 2.70. The number of esters is 3. The summed E-state index contributed by atoms with van der Waals surface area (Å²) >= 11 is 0. The summed E-state index contributed by atoms with van der Waals surface area (Å²) in [5, 5.41) is 31.5. The van der Waals surface area contributed by atoms with Gasteiger partial charge >= 0.3 is 23.9 Å². The number of unbranched alkanes of at least 4 members (excludes halogenated alkanes) is 22. The van der Waals surface area contributed by atoms with Crippen molar-refractivity contribution in [1.29, 1.82) is 0 Å². The van der Waals surface area contributed by atoms with E-state index in [1.165, 1.54) is 70.6 Å². The normalized spacial score (nSPS) is 18.5. The van der Waals surface area contributed by atoms with Gasteiger partial charge in [0, 0.05) is 19.3 Å². The van der Waals surface area contributed by atoms with Gasteiger partial charge in [0.15, 0.2) is 24.6 Å². The molecular formula is C67H110O12. The van der Waals surface area contributed by atoms with Crippen molar-refractivity contribution < 1.29 is 58.2 Å². The van der Waals surface area contributed by atoms with Gasteiger partial charge in [-0.2, -0.15) is 0 Å². The number of hydrogen-bond acceptors (Lipinski definition) is 11. The number of allylic oxidation sites excluding steroid dienone is 16. The number of carbonyl (C=O) groups is 4. The number of aliphatic carboxylic acids is 1. The molecule has 0 aliphatic carbocycles. The van der Waals surface area contributed by atoms with Crippen LogP contribution in [0.3, 0.4) is 0 Å². The molecule has 0 aromatic heterocycles. The Bertz CT molecular complexity index is 1740. The molecule has 12 heteroatoms. The minimum atomic E-state index is -1.92. The van der Waals surface area contributed by atoms with Crippen molar-refractivity contribution in [3.05, 3.63) is 97.2 Å². The van der Waals surface area contributed by atoms with Gasteiger partial charge in [0.1, 0.15) is 18.8 Å². The van der Waals surface area contributed by atoms with Gasteiger partial charge < -0.3 is 39.0 Å². The van der Waals surface area contributed by atoms with Crippen LogP contribution in [0.15, 0.2) is 97.2 Å². The highest BCUT2D eigenvalue weighted by Crippen LogP contribution is 2.26. The number of hydrogen-bond donors (Lipinski definition) is 3. The van der Waals surface area contributed by atoms with E-state index in [0.29, 0.717) is 25.7 Å². The predicted molar refractivity (Wildman–Crippen MR) is 321 cm³/mol. The zero-order valence-electron chi connectivity index (χ0n) is 49.6. The Morgan fingerprint density at radius 2 is 0.797 bits per heavy atom. The maximum Gasteiger partial charge on any atom is 0.335 e. The SMILES string of the molecule is CC/C=C\C/C=C\C/C=C\C/C=C\CCCCCCCCC(=O)OCC(COC1OC(C(=O)O)C(O)C(O)C1OC(=O)CCCC/C=C\C/C=C\C/C=C\C/C=C\CC)OC(=O)CCCCCCCCCCCCCCCCC. The summed E-state index contributed by atoms with van der Waals surface area (Å²) in [6.07, 6.45) is 59.4. The summed E-state index contributed by atoms with van der Waals surface area (Å²) in [6, 6.07) is 0. The van der Waals surface area contributed by atoms with Crippen molar-refractivity contribution >= 4 is 23.9 Å². The van der Waals surface area contributed by atoms with E-state index in [9.17, 15) is 34.5 Å². The lowest BCUT2D eigenvalue weighted by molar-refractivity contribution is -0.301.